The third-order valence-corrected chi connectivity index (χ3v) is 4.00. The van der Waals surface area contributed by atoms with Crippen molar-refractivity contribution in [1.29, 1.82) is 0 Å². The molecular weight excluding hydrogens is 229 g/mol. The lowest BCUT2D eigenvalue weighted by Crippen LogP contribution is -2.41. The van der Waals surface area contributed by atoms with Crippen LogP contribution < -0.4 is 0 Å². The molecule has 1 amide bonds. The van der Waals surface area contributed by atoms with Gasteiger partial charge in [0.05, 0.1) is 0 Å². The molecule has 1 heterocycles. The number of benzene rings is 1. The Hall–Kier alpha value is -1.38. The number of piperidine rings is 1. The first-order valence-electron chi connectivity index (χ1n) is 6.62. The third kappa shape index (κ3) is 2.71. The Bertz CT molecular complexity index is 415. The van der Waals surface area contributed by atoms with E-state index in [0.29, 0.717) is 11.8 Å². The van der Waals surface area contributed by atoms with Crippen LogP contribution in [0.2, 0.25) is 0 Å². The normalized spacial score (nSPS) is 24.1. The highest BCUT2D eigenvalue weighted by Crippen LogP contribution is 2.34. The van der Waals surface area contributed by atoms with Gasteiger partial charge in [-0.3, -0.25) is 4.79 Å². The zero-order chi connectivity index (χ0) is 13.1. The molecule has 2 rings (SSSR count). The number of hydrogen-bond donors (Lipinski definition) is 0. The summed E-state index contributed by atoms with van der Waals surface area (Å²) in [4.78, 5) is 13.3. The zero-order valence-electron chi connectivity index (χ0n) is 11.0. The van der Waals surface area contributed by atoms with Crippen LogP contribution in [0.1, 0.15) is 38.2 Å². The SMILES string of the molecule is CCC1CN(C(C)=O)CCC1c1ccc(F)cc1. The number of rotatable bonds is 2. The molecule has 1 aromatic rings. The van der Waals surface area contributed by atoms with Crippen molar-refractivity contribution in [3.8, 4) is 0 Å². The third-order valence-electron chi connectivity index (χ3n) is 4.00. The van der Waals surface area contributed by atoms with Gasteiger partial charge in [0.1, 0.15) is 5.82 Å². The van der Waals surface area contributed by atoms with E-state index < -0.39 is 0 Å². The molecule has 1 aliphatic heterocycles. The average Bonchev–Trinajstić information content (AvgIpc) is 2.39. The van der Waals surface area contributed by atoms with Crippen LogP contribution in [0.4, 0.5) is 4.39 Å². The van der Waals surface area contributed by atoms with Gasteiger partial charge in [-0.05, 0) is 36.0 Å². The molecule has 1 aliphatic rings. The van der Waals surface area contributed by atoms with Crippen molar-refractivity contribution < 1.29 is 9.18 Å². The Morgan fingerprint density at radius 3 is 2.61 bits per heavy atom. The van der Waals surface area contributed by atoms with Crippen LogP contribution in [0.15, 0.2) is 24.3 Å². The fourth-order valence-corrected chi connectivity index (χ4v) is 2.88. The standard InChI is InChI=1S/C15H20FNO/c1-3-12-10-17(11(2)18)9-8-15(12)13-4-6-14(16)7-5-13/h4-7,12,15H,3,8-10H2,1-2H3. The van der Waals surface area contributed by atoms with E-state index >= 15 is 0 Å². The van der Waals surface area contributed by atoms with Crippen LogP contribution in [0.25, 0.3) is 0 Å². The zero-order valence-corrected chi connectivity index (χ0v) is 11.0. The number of halogens is 1. The van der Waals surface area contributed by atoms with E-state index in [1.165, 1.54) is 17.7 Å². The second-order valence-electron chi connectivity index (χ2n) is 5.08. The van der Waals surface area contributed by atoms with E-state index in [-0.39, 0.29) is 11.7 Å². The topological polar surface area (TPSA) is 20.3 Å². The number of nitrogens with zero attached hydrogens (tertiary/aromatic N) is 1. The molecule has 0 radical (unpaired) electrons. The molecule has 0 spiro atoms. The van der Waals surface area contributed by atoms with Crippen molar-refractivity contribution in [1.82, 2.24) is 4.90 Å². The maximum Gasteiger partial charge on any atom is 0.219 e. The maximum absolute atomic E-state index is 12.9. The highest BCUT2D eigenvalue weighted by atomic mass is 19.1. The summed E-state index contributed by atoms with van der Waals surface area (Å²) in [7, 11) is 0. The fourth-order valence-electron chi connectivity index (χ4n) is 2.88. The number of amides is 1. The smallest absolute Gasteiger partial charge is 0.219 e. The lowest BCUT2D eigenvalue weighted by molar-refractivity contribution is -0.130. The minimum atomic E-state index is -0.187. The molecule has 0 bridgehead atoms. The van der Waals surface area contributed by atoms with Gasteiger partial charge in [-0.1, -0.05) is 25.5 Å². The highest BCUT2D eigenvalue weighted by molar-refractivity contribution is 5.73. The van der Waals surface area contributed by atoms with Gasteiger partial charge in [-0.25, -0.2) is 4.39 Å². The number of hydrogen-bond acceptors (Lipinski definition) is 1. The quantitative estimate of drug-likeness (QED) is 0.788. The van der Waals surface area contributed by atoms with Crippen molar-refractivity contribution in [2.24, 2.45) is 5.92 Å². The van der Waals surface area contributed by atoms with E-state index in [0.717, 1.165) is 25.9 Å². The second-order valence-corrected chi connectivity index (χ2v) is 5.08. The average molecular weight is 249 g/mol. The summed E-state index contributed by atoms with van der Waals surface area (Å²) in [6.07, 6.45) is 2.02. The predicted molar refractivity (Wildman–Crippen MR) is 69.8 cm³/mol. The summed E-state index contributed by atoms with van der Waals surface area (Å²) in [6, 6.07) is 6.82. The van der Waals surface area contributed by atoms with Crippen LogP contribution in [0.5, 0.6) is 0 Å². The van der Waals surface area contributed by atoms with Crippen molar-refractivity contribution in [2.45, 2.75) is 32.6 Å². The summed E-state index contributed by atoms with van der Waals surface area (Å²) in [6.45, 7) is 5.43. The second kappa shape index (κ2) is 5.51. The molecule has 1 aromatic carbocycles. The Kier molecular flexibility index (Phi) is 4.00. The van der Waals surface area contributed by atoms with E-state index in [1.807, 2.05) is 17.0 Å². The summed E-state index contributed by atoms with van der Waals surface area (Å²) in [5.41, 5.74) is 1.20. The number of likely N-dealkylation sites (tertiary alicyclic amines) is 1. The van der Waals surface area contributed by atoms with E-state index in [4.69, 9.17) is 0 Å². The molecular formula is C15H20FNO. The van der Waals surface area contributed by atoms with Gasteiger partial charge in [0, 0.05) is 20.0 Å². The van der Waals surface area contributed by atoms with Crippen molar-refractivity contribution in [3.63, 3.8) is 0 Å². The van der Waals surface area contributed by atoms with Crippen molar-refractivity contribution >= 4 is 5.91 Å². The first-order chi connectivity index (χ1) is 8.61. The van der Waals surface area contributed by atoms with E-state index in [9.17, 15) is 9.18 Å². The Labute approximate surface area is 108 Å². The molecule has 2 atom stereocenters. The first-order valence-corrected chi connectivity index (χ1v) is 6.62. The first kappa shape index (κ1) is 13.1. The predicted octanol–water partition coefficient (Wildman–Crippen LogP) is 3.19. The number of carbonyl (C=O) groups is 1. The van der Waals surface area contributed by atoms with E-state index in [1.54, 1.807) is 6.92 Å². The van der Waals surface area contributed by atoms with Crippen molar-refractivity contribution in [2.75, 3.05) is 13.1 Å². The molecule has 18 heavy (non-hydrogen) atoms. The van der Waals surface area contributed by atoms with Gasteiger partial charge in [0.25, 0.3) is 0 Å². The van der Waals surface area contributed by atoms with Gasteiger partial charge in [-0.2, -0.15) is 0 Å². The molecule has 3 heteroatoms. The summed E-state index contributed by atoms with van der Waals surface area (Å²) >= 11 is 0. The van der Waals surface area contributed by atoms with Crippen molar-refractivity contribution in [3.05, 3.63) is 35.6 Å². The molecule has 0 saturated carbocycles. The molecule has 1 saturated heterocycles. The Balaban J connectivity index is 2.14. The molecule has 1 fully saturated rings. The van der Waals surface area contributed by atoms with Crippen LogP contribution in [-0.2, 0) is 4.79 Å². The monoisotopic (exact) mass is 249 g/mol. The maximum atomic E-state index is 12.9. The molecule has 2 unspecified atom stereocenters. The van der Waals surface area contributed by atoms with Crippen LogP contribution >= 0.6 is 0 Å². The summed E-state index contributed by atoms with van der Waals surface area (Å²) in [5, 5.41) is 0. The van der Waals surface area contributed by atoms with Gasteiger partial charge in [0.2, 0.25) is 5.91 Å². The minimum Gasteiger partial charge on any atom is -0.343 e. The van der Waals surface area contributed by atoms with Gasteiger partial charge in [0.15, 0.2) is 0 Å². The van der Waals surface area contributed by atoms with Gasteiger partial charge < -0.3 is 4.90 Å². The molecule has 98 valence electrons. The number of carbonyl (C=O) groups excluding carboxylic acids is 1. The van der Waals surface area contributed by atoms with Crippen LogP contribution in [0.3, 0.4) is 0 Å². The fraction of sp³-hybridized carbons (Fsp3) is 0.533. The largest absolute Gasteiger partial charge is 0.343 e. The van der Waals surface area contributed by atoms with Crippen LogP contribution in [0, 0.1) is 11.7 Å². The summed E-state index contributed by atoms with van der Waals surface area (Å²) < 4.78 is 12.9. The van der Waals surface area contributed by atoms with E-state index in [2.05, 4.69) is 6.92 Å². The molecule has 0 N–H and O–H groups in total. The molecule has 0 aliphatic carbocycles. The lowest BCUT2D eigenvalue weighted by Gasteiger charge is -2.38. The molecule has 0 aromatic heterocycles. The lowest BCUT2D eigenvalue weighted by atomic mass is 9.79. The summed E-state index contributed by atoms with van der Waals surface area (Å²) in [5.74, 6) is 0.901. The van der Waals surface area contributed by atoms with Gasteiger partial charge >= 0.3 is 0 Å². The Morgan fingerprint density at radius 1 is 1.39 bits per heavy atom. The van der Waals surface area contributed by atoms with Crippen LogP contribution in [-0.4, -0.2) is 23.9 Å². The molecule has 2 nitrogen and oxygen atoms in total. The van der Waals surface area contributed by atoms with Gasteiger partial charge in [-0.15, -0.1) is 0 Å². The minimum absolute atomic E-state index is 0.158. The highest BCUT2D eigenvalue weighted by Gasteiger charge is 2.30. The Morgan fingerprint density at radius 2 is 2.06 bits per heavy atom.